The quantitative estimate of drug-likeness (QED) is 0.243. The number of nitrogens with zero attached hydrogens (tertiary/aromatic N) is 2. The number of benzene rings is 1. The Kier molecular flexibility index (Phi) is 8.48. The largest absolute Gasteiger partial charge is 0.471 e. The fraction of sp³-hybridized carbons (Fsp3) is 0.267. The molecule has 0 radical (unpaired) electrons. The summed E-state index contributed by atoms with van der Waals surface area (Å²) in [5, 5.41) is 11.0. The normalized spacial score (nSPS) is 9.39. The lowest BCUT2D eigenvalue weighted by molar-refractivity contribution is -0.109. The lowest BCUT2D eigenvalue weighted by atomic mass is 10.2. The van der Waals surface area contributed by atoms with Gasteiger partial charge in [-0.2, -0.15) is 5.10 Å². The minimum absolute atomic E-state index is 0.403. The molecule has 2 rings (SSSR count). The van der Waals surface area contributed by atoms with E-state index >= 15 is 0 Å². The number of carbonyl (C=O) groups excluding carboxylic acids is 1. The number of carbonyl (C=O) groups is 1. The van der Waals surface area contributed by atoms with Crippen molar-refractivity contribution in [2.45, 2.75) is 18.4 Å². The van der Waals surface area contributed by atoms with Gasteiger partial charge in [0.25, 0.3) is 0 Å². The number of amides is 1. The molecule has 0 saturated carbocycles. The molecule has 0 spiro atoms. The maximum absolute atomic E-state index is 8.94. The summed E-state index contributed by atoms with van der Waals surface area (Å²) >= 11 is 1.71. The summed E-state index contributed by atoms with van der Waals surface area (Å²) in [7, 11) is 1.91. The first-order valence-corrected chi connectivity index (χ1v) is 8.04. The molecule has 0 atom stereocenters. The van der Waals surface area contributed by atoms with Crippen LogP contribution in [0.5, 0.6) is 5.88 Å². The lowest BCUT2D eigenvalue weighted by Gasteiger charge is -2.14. The molecule has 0 bridgehead atoms. The summed E-state index contributed by atoms with van der Waals surface area (Å²) in [4.78, 5) is 10.1. The molecule has 0 aliphatic heterocycles. The van der Waals surface area contributed by atoms with Crippen molar-refractivity contribution in [3.05, 3.63) is 41.6 Å². The Morgan fingerprint density at radius 3 is 2.70 bits per heavy atom. The zero-order chi connectivity index (χ0) is 17.1. The van der Waals surface area contributed by atoms with E-state index in [4.69, 9.17) is 9.53 Å². The van der Waals surface area contributed by atoms with E-state index < -0.39 is 0 Å². The van der Waals surface area contributed by atoms with E-state index in [-0.39, 0.29) is 0 Å². The third kappa shape index (κ3) is 5.76. The van der Waals surface area contributed by atoms with E-state index in [2.05, 4.69) is 33.7 Å². The van der Waals surface area contributed by atoms with E-state index in [1.165, 1.54) is 4.90 Å². The second-order valence-corrected chi connectivity index (χ2v) is 5.18. The molecular formula is C15H21N5O2S. The minimum atomic E-state index is 0.403. The fourth-order valence-corrected chi connectivity index (χ4v) is 2.43. The highest BCUT2D eigenvalue weighted by atomic mass is 32.2. The van der Waals surface area contributed by atoms with Crippen molar-refractivity contribution in [1.29, 1.82) is 0 Å². The number of nitrogens with one attached hydrogen (secondary N) is 2. The van der Waals surface area contributed by atoms with Crippen molar-refractivity contribution in [3.63, 3.8) is 0 Å². The number of aryl methyl sites for hydroxylation is 1. The molecule has 2 aromatic rings. The van der Waals surface area contributed by atoms with Crippen molar-refractivity contribution in [3.8, 4) is 5.88 Å². The summed E-state index contributed by atoms with van der Waals surface area (Å²) in [6.45, 7) is 2.44. The van der Waals surface area contributed by atoms with Gasteiger partial charge in [0.15, 0.2) is 0 Å². The van der Waals surface area contributed by atoms with E-state index in [1.807, 2.05) is 32.2 Å². The standard InChI is InChI=1S/C14H17N3OS.CH4N2O/c1-10-7-8-16-17-14(10)18-9-11-12(15-2)5-4-6-13(11)19-3;2-3-1-4/h4-8,15H,9H2,1-3H3;1H,2H2,(H,3,4). The van der Waals surface area contributed by atoms with Gasteiger partial charge in [0.2, 0.25) is 12.3 Å². The third-order valence-electron chi connectivity index (χ3n) is 2.92. The first-order chi connectivity index (χ1) is 11.2. The Morgan fingerprint density at radius 1 is 1.39 bits per heavy atom. The molecule has 1 aromatic heterocycles. The van der Waals surface area contributed by atoms with E-state index in [9.17, 15) is 0 Å². The van der Waals surface area contributed by atoms with Crippen LogP contribution in [0.1, 0.15) is 11.1 Å². The SMILES string of the molecule is CNc1cccc(SC)c1COc1nnccc1C.NNC=O. The zero-order valence-electron chi connectivity index (χ0n) is 13.4. The lowest BCUT2D eigenvalue weighted by Crippen LogP contribution is -2.18. The fourth-order valence-electron chi connectivity index (χ4n) is 1.80. The van der Waals surface area contributed by atoms with Crippen LogP contribution in [-0.2, 0) is 11.4 Å². The van der Waals surface area contributed by atoms with Crippen LogP contribution in [0.25, 0.3) is 0 Å². The van der Waals surface area contributed by atoms with E-state index in [0.29, 0.717) is 18.9 Å². The predicted octanol–water partition coefficient (Wildman–Crippen LogP) is 1.73. The highest BCUT2D eigenvalue weighted by Crippen LogP contribution is 2.28. The van der Waals surface area contributed by atoms with Crippen LogP contribution < -0.4 is 21.3 Å². The van der Waals surface area contributed by atoms with Crippen LogP contribution >= 0.6 is 11.8 Å². The van der Waals surface area contributed by atoms with E-state index in [1.54, 1.807) is 23.4 Å². The van der Waals surface area contributed by atoms with Gasteiger partial charge in [0.05, 0.1) is 6.20 Å². The zero-order valence-corrected chi connectivity index (χ0v) is 14.2. The number of thioether (sulfide) groups is 1. The monoisotopic (exact) mass is 335 g/mol. The average molecular weight is 335 g/mol. The van der Waals surface area contributed by atoms with Gasteiger partial charge < -0.3 is 10.1 Å². The third-order valence-corrected chi connectivity index (χ3v) is 3.74. The number of hydrogen-bond acceptors (Lipinski definition) is 7. The smallest absolute Gasteiger partial charge is 0.236 e. The number of hydrogen-bond donors (Lipinski definition) is 3. The van der Waals surface area contributed by atoms with Gasteiger partial charge in [-0.3, -0.25) is 10.2 Å². The van der Waals surface area contributed by atoms with Crippen LogP contribution in [0.15, 0.2) is 35.4 Å². The Morgan fingerprint density at radius 2 is 2.13 bits per heavy atom. The summed E-state index contributed by atoms with van der Waals surface area (Å²) in [6, 6.07) is 8.06. The molecule has 124 valence electrons. The molecule has 0 aliphatic carbocycles. The van der Waals surface area contributed by atoms with Gasteiger partial charge in [0.1, 0.15) is 6.61 Å². The van der Waals surface area contributed by atoms with Crippen LogP contribution in [0.3, 0.4) is 0 Å². The first kappa shape index (κ1) is 18.7. The first-order valence-electron chi connectivity index (χ1n) is 6.82. The topological polar surface area (TPSA) is 102 Å². The molecule has 0 unspecified atom stereocenters. The number of anilines is 1. The summed E-state index contributed by atoms with van der Waals surface area (Å²) in [5.41, 5.74) is 4.96. The van der Waals surface area contributed by atoms with Gasteiger partial charge in [-0.15, -0.1) is 16.9 Å². The van der Waals surface area contributed by atoms with Crippen molar-refractivity contribution in [2.75, 3.05) is 18.6 Å². The maximum Gasteiger partial charge on any atom is 0.236 e. The van der Waals surface area contributed by atoms with E-state index in [0.717, 1.165) is 16.8 Å². The Hall–Kier alpha value is -2.32. The number of hydrazine groups is 1. The van der Waals surface area contributed by atoms with Gasteiger partial charge in [-0.1, -0.05) is 6.07 Å². The Balaban J connectivity index is 0.000000593. The molecule has 0 aliphatic rings. The second-order valence-electron chi connectivity index (χ2n) is 4.33. The van der Waals surface area contributed by atoms with Crippen LogP contribution in [0.4, 0.5) is 5.69 Å². The number of ether oxygens (including phenoxy) is 1. The summed E-state index contributed by atoms with van der Waals surface area (Å²) in [6.07, 6.45) is 4.13. The molecule has 8 heteroatoms. The molecule has 23 heavy (non-hydrogen) atoms. The van der Waals surface area contributed by atoms with Gasteiger partial charge in [0, 0.05) is 28.8 Å². The van der Waals surface area contributed by atoms with Crippen molar-refractivity contribution < 1.29 is 9.53 Å². The van der Waals surface area contributed by atoms with Crippen LogP contribution in [-0.4, -0.2) is 29.9 Å². The number of nitrogens with two attached hydrogens (primary N) is 1. The highest BCUT2D eigenvalue weighted by molar-refractivity contribution is 7.98. The molecule has 1 heterocycles. The molecule has 7 nitrogen and oxygen atoms in total. The minimum Gasteiger partial charge on any atom is -0.471 e. The van der Waals surface area contributed by atoms with Gasteiger partial charge >= 0.3 is 0 Å². The van der Waals surface area contributed by atoms with Gasteiger partial charge in [-0.25, -0.2) is 5.84 Å². The summed E-state index contributed by atoms with van der Waals surface area (Å²) < 4.78 is 5.78. The Bertz CT molecular complexity index is 602. The molecule has 0 fully saturated rings. The molecular weight excluding hydrogens is 314 g/mol. The Labute approximate surface area is 140 Å². The molecule has 1 aromatic carbocycles. The van der Waals surface area contributed by atoms with Crippen molar-refractivity contribution in [2.24, 2.45) is 5.84 Å². The average Bonchev–Trinajstić information content (AvgIpc) is 2.60. The summed E-state index contributed by atoms with van der Waals surface area (Å²) in [5.74, 6) is 4.99. The van der Waals surface area contributed by atoms with Crippen molar-refractivity contribution in [1.82, 2.24) is 15.6 Å². The predicted molar refractivity (Wildman–Crippen MR) is 92.3 cm³/mol. The van der Waals surface area contributed by atoms with Crippen LogP contribution in [0, 0.1) is 6.92 Å². The van der Waals surface area contributed by atoms with Crippen LogP contribution in [0.2, 0.25) is 0 Å². The van der Waals surface area contributed by atoms with Gasteiger partial charge in [-0.05, 0) is 31.4 Å². The number of aromatic nitrogens is 2. The molecule has 1 amide bonds. The molecule has 4 N–H and O–H groups in total. The second kappa shape index (κ2) is 10.4. The number of rotatable bonds is 6. The maximum atomic E-state index is 8.94. The molecule has 0 saturated heterocycles. The highest BCUT2D eigenvalue weighted by Gasteiger charge is 2.09. The van der Waals surface area contributed by atoms with Crippen molar-refractivity contribution >= 4 is 23.9 Å².